The molecule has 0 spiro atoms. The van der Waals surface area contributed by atoms with Crippen LogP contribution in [-0.2, 0) is 51.2 Å². The topological polar surface area (TPSA) is 358 Å². The number of nitrogens with two attached hydrogens (primary N) is 2. The van der Waals surface area contributed by atoms with Gasteiger partial charge in [0, 0.05) is 37.8 Å². The van der Waals surface area contributed by atoms with Gasteiger partial charge in [-0.15, -0.1) is 0 Å². The Morgan fingerprint density at radius 3 is 2.04 bits per heavy atom. The fraction of sp³-hybridized carbons (Fsp3) is 0.609. The second kappa shape index (κ2) is 27.9. The number of guanidine groups is 1. The van der Waals surface area contributed by atoms with Crippen LogP contribution in [0.3, 0.4) is 0 Å². The number of phenols is 1. The van der Waals surface area contributed by atoms with Crippen LogP contribution in [0.1, 0.15) is 91.3 Å². The van der Waals surface area contributed by atoms with Crippen molar-refractivity contribution in [3.63, 3.8) is 0 Å². The number of hydrogen-bond donors (Lipinski definition) is 12. The molecule has 0 radical (unpaired) electrons. The van der Waals surface area contributed by atoms with Crippen LogP contribution in [-0.4, -0.2) is 147 Å². The summed E-state index contributed by atoms with van der Waals surface area (Å²) in [5.74, 6) is -7.05. The molecule has 0 unspecified atom stereocenters. The molecule has 1 aromatic heterocycles. The Morgan fingerprint density at radius 1 is 0.826 bits per heavy atom. The molecule has 0 saturated carbocycles. The van der Waals surface area contributed by atoms with Crippen molar-refractivity contribution in [3.05, 3.63) is 48.0 Å². The second-order valence-corrected chi connectivity index (χ2v) is 18.2. The second-order valence-electron chi connectivity index (χ2n) is 18.2. The number of imidazole rings is 1. The minimum absolute atomic E-state index is 0.0345. The number of aliphatic carboxylic acids is 1. The van der Waals surface area contributed by atoms with Gasteiger partial charge in [-0.3, -0.25) is 38.6 Å². The molecule has 2 aromatic rings. The maximum atomic E-state index is 14.5. The number of amides is 7. The summed E-state index contributed by atoms with van der Waals surface area (Å²) in [5, 5.41) is 38.8. The molecule has 3 rings (SSSR count). The molecule has 23 nitrogen and oxygen atoms in total. The van der Waals surface area contributed by atoms with Gasteiger partial charge in [-0.1, -0.05) is 60.1 Å². The number of likely N-dealkylation sites (tertiary alicyclic amines) is 1. The summed E-state index contributed by atoms with van der Waals surface area (Å²) in [6.45, 7) is 10.8. The molecular formula is C46H73N13O10. The van der Waals surface area contributed by atoms with E-state index in [-0.39, 0.29) is 69.4 Å². The largest absolute Gasteiger partial charge is 0.508 e. The number of carboxylic acids is 1. The summed E-state index contributed by atoms with van der Waals surface area (Å²) < 4.78 is 0. The van der Waals surface area contributed by atoms with Gasteiger partial charge in [0.05, 0.1) is 12.9 Å². The van der Waals surface area contributed by atoms with Gasteiger partial charge >= 0.3 is 5.97 Å². The van der Waals surface area contributed by atoms with E-state index in [1.54, 1.807) is 40.0 Å². The maximum Gasteiger partial charge on any atom is 0.326 e. The molecule has 1 aromatic carbocycles. The van der Waals surface area contributed by atoms with Crippen molar-refractivity contribution in [1.82, 2.24) is 52.1 Å². The zero-order valence-corrected chi connectivity index (χ0v) is 40.7. The number of hydrogen-bond acceptors (Lipinski definition) is 12. The minimum atomic E-state index is -1.35. The van der Waals surface area contributed by atoms with Gasteiger partial charge in [0.2, 0.25) is 41.4 Å². The highest BCUT2D eigenvalue weighted by molar-refractivity contribution is 5.98. The Morgan fingerprint density at radius 2 is 1.46 bits per heavy atom. The molecule has 69 heavy (non-hydrogen) atoms. The fourth-order valence-electron chi connectivity index (χ4n) is 7.80. The number of phenolic OH excluding ortho intramolecular Hbond substituents is 1. The van der Waals surface area contributed by atoms with Crippen molar-refractivity contribution in [2.75, 3.05) is 26.7 Å². The van der Waals surface area contributed by atoms with Crippen LogP contribution >= 0.6 is 0 Å². The number of likely N-dealkylation sites (N-methyl/N-ethyl adjacent to an activating group) is 1. The number of rotatable bonds is 28. The Kier molecular flexibility index (Phi) is 22.9. The lowest BCUT2D eigenvalue weighted by Gasteiger charge is -2.32. The molecular weight excluding hydrogens is 895 g/mol. The van der Waals surface area contributed by atoms with Crippen molar-refractivity contribution in [2.24, 2.45) is 34.2 Å². The van der Waals surface area contributed by atoms with Crippen LogP contribution in [0.15, 0.2) is 41.8 Å². The molecule has 1 fully saturated rings. The number of aromatic nitrogens is 2. The highest BCUT2D eigenvalue weighted by atomic mass is 16.4. The number of carboxylic acid groups (broad SMARTS) is 1. The smallest absolute Gasteiger partial charge is 0.326 e. The van der Waals surface area contributed by atoms with Crippen LogP contribution in [0.2, 0.25) is 0 Å². The lowest BCUT2D eigenvalue weighted by Crippen LogP contribution is -2.62. The van der Waals surface area contributed by atoms with E-state index in [0.717, 1.165) is 0 Å². The summed E-state index contributed by atoms with van der Waals surface area (Å²) in [6, 6.07) is -2.36. The van der Waals surface area contributed by atoms with E-state index in [1.165, 1.54) is 29.6 Å². The molecule has 382 valence electrons. The van der Waals surface area contributed by atoms with Gasteiger partial charge in [0.1, 0.15) is 48.0 Å². The van der Waals surface area contributed by atoms with E-state index in [2.05, 4.69) is 52.2 Å². The average Bonchev–Trinajstić information content (AvgIpc) is 4.00. The van der Waals surface area contributed by atoms with Crippen molar-refractivity contribution in [2.45, 2.75) is 135 Å². The van der Waals surface area contributed by atoms with E-state index >= 15 is 0 Å². The van der Waals surface area contributed by atoms with Crippen molar-refractivity contribution in [1.29, 1.82) is 0 Å². The number of H-pyrrole nitrogens is 1. The summed E-state index contributed by atoms with van der Waals surface area (Å²) in [4.78, 5) is 122. The average molecular weight is 968 g/mol. The molecule has 23 heteroatoms. The van der Waals surface area contributed by atoms with Crippen LogP contribution in [0, 0.1) is 17.8 Å². The first-order valence-electron chi connectivity index (χ1n) is 23.4. The van der Waals surface area contributed by atoms with Gasteiger partial charge in [0.15, 0.2) is 5.96 Å². The zero-order chi connectivity index (χ0) is 51.4. The van der Waals surface area contributed by atoms with Crippen molar-refractivity contribution < 1.29 is 48.6 Å². The lowest BCUT2D eigenvalue weighted by atomic mass is 9.96. The van der Waals surface area contributed by atoms with E-state index in [9.17, 15) is 48.6 Å². The number of carbonyl (C=O) groups is 8. The maximum absolute atomic E-state index is 14.5. The predicted octanol–water partition coefficient (Wildman–Crippen LogP) is -1.09. The third kappa shape index (κ3) is 18.3. The highest BCUT2D eigenvalue weighted by Crippen LogP contribution is 2.21. The number of benzene rings is 1. The van der Waals surface area contributed by atoms with Crippen molar-refractivity contribution in [3.8, 4) is 5.75 Å². The summed E-state index contributed by atoms with van der Waals surface area (Å²) in [5.41, 5.74) is 11.9. The predicted molar refractivity (Wildman–Crippen MR) is 256 cm³/mol. The molecule has 1 saturated heterocycles. The number of aliphatic imine (C=N–C) groups is 1. The number of nitrogens with zero attached hydrogens (tertiary/aromatic N) is 3. The third-order valence-electron chi connectivity index (χ3n) is 11.7. The molecule has 14 N–H and O–H groups in total. The Bertz CT molecular complexity index is 2060. The van der Waals surface area contributed by atoms with E-state index < -0.39 is 101 Å². The van der Waals surface area contributed by atoms with Gasteiger partial charge in [-0.25, -0.2) is 9.78 Å². The van der Waals surface area contributed by atoms with Crippen LogP contribution in [0.4, 0.5) is 0 Å². The molecule has 7 amide bonds. The Labute approximate surface area is 402 Å². The van der Waals surface area contributed by atoms with Crippen molar-refractivity contribution >= 4 is 53.3 Å². The first-order valence-corrected chi connectivity index (χ1v) is 23.4. The zero-order valence-electron chi connectivity index (χ0n) is 40.7. The number of carbonyl (C=O) groups excluding carboxylic acids is 7. The molecule has 0 aliphatic carbocycles. The van der Waals surface area contributed by atoms with E-state index in [0.29, 0.717) is 30.5 Å². The highest BCUT2D eigenvalue weighted by Gasteiger charge is 2.41. The number of aromatic amines is 1. The van der Waals surface area contributed by atoms with Crippen LogP contribution in [0.5, 0.6) is 5.75 Å². The molecule has 0 bridgehead atoms. The SMILES string of the molecule is CC[C@H](C)[C@H](NC(=O)[C@H](Cc1ccc(O)cc1)NC(=O)[C@@H](NC(=O)[C@H](CCCN=C(N)N)NC(=O)CNC)C(C)C)C(=O)N[C@@H](Cc1cnc[nH]1)C(=O)N1CCC[C@H]1C(=O)N[C@@H](CC(C)C)C(=O)O. The quantitative estimate of drug-likeness (QED) is 0.0274. The molecule has 2 heterocycles. The Hall–Kier alpha value is -6.78. The normalized spacial score (nSPS) is 16.5. The van der Waals surface area contributed by atoms with Gasteiger partial charge in [-0.05, 0) is 74.6 Å². The summed E-state index contributed by atoms with van der Waals surface area (Å²) in [7, 11) is 1.57. The number of nitrogens with one attached hydrogen (secondary N) is 8. The lowest BCUT2D eigenvalue weighted by molar-refractivity contribution is -0.145. The third-order valence-corrected chi connectivity index (χ3v) is 11.7. The monoisotopic (exact) mass is 968 g/mol. The van der Waals surface area contributed by atoms with Gasteiger partial charge in [-0.2, -0.15) is 0 Å². The van der Waals surface area contributed by atoms with Gasteiger partial charge < -0.3 is 68.8 Å². The van der Waals surface area contributed by atoms with E-state index in [1.807, 2.05) is 20.8 Å². The standard InChI is InChI=1S/C46H73N13O10/c1-8-27(6)38(43(66)55-33(21-29-22-50-24-52-29)44(67)59-18-10-12-35(59)41(64)56-34(45(68)69)19-25(2)3)58-40(63)32(20-28-13-15-30(60)16-14-28)54-42(65)37(26(4)5)57-39(62)31(53-36(61)23-49-7)11-9-17-51-46(47)48/h13-16,22,24-27,31-35,37-38,49,60H,8-12,17-21,23H2,1-7H3,(H,50,52)(H,53,61)(H,54,65)(H,55,66)(H,56,64)(H,57,62)(H,58,63)(H,68,69)(H4,47,48,51)/t27-,31-,32-,33-,34-,35-,37-,38-/m0/s1. The first-order chi connectivity index (χ1) is 32.6. The van der Waals surface area contributed by atoms with E-state index in [4.69, 9.17) is 11.5 Å². The summed E-state index contributed by atoms with van der Waals surface area (Å²) in [6.07, 6.45) is 4.44. The summed E-state index contributed by atoms with van der Waals surface area (Å²) >= 11 is 0. The van der Waals surface area contributed by atoms with Crippen LogP contribution in [0.25, 0.3) is 0 Å². The number of aromatic hydroxyl groups is 1. The molecule has 1 aliphatic heterocycles. The van der Waals surface area contributed by atoms with Crippen LogP contribution < -0.4 is 48.7 Å². The minimum Gasteiger partial charge on any atom is -0.508 e. The molecule has 8 atom stereocenters. The first kappa shape index (κ1) is 56.5. The Balaban J connectivity index is 1.92. The fourth-order valence-corrected chi connectivity index (χ4v) is 7.80. The van der Waals surface area contributed by atoms with Gasteiger partial charge in [0.25, 0.3) is 0 Å². The molecule has 1 aliphatic rings.